The summed E-state index contributed by atoms with van der Waals surface area (Å²) in [6.07, 6.45) is 0. The molecule has 7 nitrogen and oxygen atoms in total. The third-order valence-corrected chi connectivity index (χ3v) is 6.46. The number of anilines is 1. The molecule has 0 aromatic heterocycles. The van der Waals surface area contributed by atoms with Gasteiger partial charge in [0.15, 0.2) is 0 Å². The van der Waals surface area contributed by atoms with Crippen LogP contribution in [-0.4, -0.2) is 53.9 Å². The predicted octanol–water partition coefficient (Wildman–Crippen LogP) is 4.15. The average molecular weight is 486 g/mol. The van der Waals surface area contributed by atoms with Crippen molar-refractivity contribution in [2.75, 3.05) is 24.5 Å². The summed E-state index contributed by atoms with van der Waals surface area (Å²) in [5.74, 6) is -0.875. The minimum atomic E-state index is -0.454. The molecule has 34 heavy (non-hydrogen) atoms. The number of ether oxygens (including phenoxy) is 1. The maximum absolute atomic E-state index is 13.3. The zero-order valence-corrected chi connectivity index (χ0v) is 21.1. The lowest BCUT2D eigenvalue weighted by Gasteiger charge is -2.49. The van der Waals surface area contributed by atoms with E-state index in [1.165, 1.54) is 13.0 Å². The van der Waals surface area contributed by atoms with E-state index in [4.69, 9.17) is 16.3 Å². The molecular weight excluding hydrogens is 454 g/mol. The van der Waals surface area contributed by atoms with E-state index < -0.39 is 11.9 Å². The summed E-state index contributed by atoms with van der Waals surface area (Å²) in [6, 6.07) is 13.8. The van der Waals surface area contributed by atoms with E-state index in [-0.39, 0.29) is 23.4 Å². The first kappa shape index (κ1) is 25.6. The summed E-state index contributed by atoms with van der Waals surface area (Å²) in [5.41, 5.74) is 1.18. The van der Waals surface area contributed by atoms with E-state index in [2.05, 4.69) is 24.1 Å². The number of carbonyl (C=O) groups is 3. The molecule has 0 radical (unpaired) electrons. The van der Waals surface area contributed by atoms with Crippen molar-refractivity contribution in [2.45, 2.75) is 46.2 Å². The largest absolute Gasteiger partial charge is 0.427 e. The van der Waals surface area contributed by atoms with Gasteiger partial charge in [-0.05, 0) is 63.2 Å². The van der Waals surface area contributed by atoms with Gasteiger partial charge in [0.25, 0.3) is 5.91 Å². The molecule has 0 aliphatic carbocycles. The predicted molar refractivity (Wildman–Crippen MR) is 133 cm³/mol. The zero-order valence-electron chi connectivity index (χ0n) is 20.3. The van der Waals surface area contributed by atoms with Gasteiger partial charge in [-0.25, -0.2) is 0 Å². The van der Waals surface area contributed by atoms with Crippen LogP contribution in [0.25, 0.3) is 0 Å². The van der Waals surface area contributed by atoms with E-state index in [1.54, 1.807) is 18.2 Å². The number of hydrogen-bond donors (Lipinski definition) is 1. The fourth-order valence-corrected chi connectivity index (χ4v) is 4.35. The Balaban J connectivity index is 1.62. The number of halogens is 1. The molecule has 0 bridgehead atoms. The molecule has 1 aliphatic heterocycles. The second-order valence-corrected chi connectivity index (χ2v) is 9.81. The topological polar surface area (TPSA) is 78.9 Å². The molecular formula is C26H32ClN3O4. The summed E-state index contributed by atoms with van der Waals surface area (Å²) in [5, 5.41) is 3.60. The number of rotatable bonds is 6. The molecule has 2 aromatic rings. The van der Waals surface area contributed by atoms with Crippen LogP contribution in [0.2, 0.25) is 5.02 Å². The molecule has 8 heteroatoms. The first-order chi connectivity index (χ1) is 16.0. The normalized spacial score (nSPS) is 17.0. The maximum atomic E-state index is 13.3. The Morgan fingerprint density at radius 1 is 1.06 bits per heavy atom. The van der Waals surface area contributed by atoms with Crippen LogP contribution in [0.15, 0.2) is 48.5 Å². The lowest BCUT2D eigenvalue weighted by atomic mass is 9.95. The number of carbonyl (C=O) groups excluding carboxylic acids is 3. The monoisotopic (exact) mass is 485 g/mol. The van der Waals surface area contributed by atoms with Crippen molar-refractivity contribution in [2.24, 2.45) is 5.92 Å². The van der Waals surface area contributed by atoms with Crippen molar-refractivity contribution in [3.05, 3.63) is 59.1 Å². The lowest BCUT2D eigenvalue weighted by molar-refractivity contribution is -0.137. The molecule has 0 saturated carbocycles. The van der Waals surface area contributed by atoms with Gasteiger partial charge in [0.2, 0.25) is 5.91 Å². The van der Waals surface area contributed by atoms with E-state index in [0.29, 0.717) is 36.0 Å². The third-order valence-electron chi connectivity index (χ3n) is 6.21. The van der Waals surface area contributed by atoms with Gasteiger partial charge in [-0.15, -0.1) is 0 Å². The van der Waals surface area contributed by atoms with Crippen molar-refractivity contribution in [1.82, 2.24) is 10.2 Å². The fraction of sp³-hybridized carbons (Fsp3) is 0.423. The molecule has 0 spiro atoms. The first-order valence-electron chi connectivity index (χ1n) is 11.4. The Morgan fingerprint density at radius 3 is 2.35 bits per heavy atom. The Bertz CT molecular complexity index is 1050. The van der Waals surface area contributed by atoms with Crippen LogP contribution >= 0.6 is 11.6 Å². The fourth-order valence-electron chi connectivity index (χ4n) is 4.23. The molecule has 2 unspecified atom stereocenters. The van der Waals surface area contributed by atoms with Crippen molar-refractivity contribution in [3.63, 3.8) is 0 Å². The molecule has 1 heterocycles. The number of benzene rings is 2. The lowest BCUT2D eigenvalue weighted by Crippen LogP contribution is -2.62. The van der Waals surface area contributed by atoms with Crippen molar-refractivity contribution in [3.8, 4) is 5.75 Å². The number of amides is 2. The molecule has 3 rings (SSSR count). The number of piperazine rings is 1. The van der Waals surface area contributed by atoms with E-state index in [0.717, 1.165) is 5.69 Å². The van der Waals surface area contributed by atoms with Crippen LogP contribution < -0.4 is 15.0 Å². The summed E-state index contributed by atoms with van der Waals surface area (Å²) >= 11 is 6.03. The Morgan fingerprint density at radius 2 is 1.74 bits per heavy atom. The number of hydrogen-bond acceptors (Lipinski definition) is 5. The van der Waals surface area contributed by atoms with Crippen LogP contribution in [0.5, 0.6) is 5.75 Å². The smallest absolute Gasteiger partial charge is 0.308 e. The quantitative estimate of drug-likeness (QED) is 0.491. The Labute approximate surface area is 206 Å². The standard InChI is InChI=1S/C26H32ClN3O4/c1-17(18(2)28-24(32)20-7-6-8-23(15-20)34-19(3)31)25(33)29-13-14-30(26(4,5)16-29)22-11-9-21(27)10-12-22/h6-12,15,17-18H,13-14,16H2,1-5H3,(H,28,32). The summed E-state index contributed by atoms with van der Waals surface area (Å²) in [7, 11) is 0. The highest BCUT2D eigenvalue weighted by Gasteiger charge is 2.37. The second-order valence-electron chi connectivity index (χ2n) is 9.37. The third kappa shape index (κ3) is 6.08. The summed E-state index contributed by atoms with van der Waals surface area (Å²) in [6.45, 7) is 11.1. The first-order valence-corrected chi connectivity index (χ1v) is 11.8. The molecule has 2 aromatic carbocycles. The van der Waals surface area contributed by atoms with Crippen LogP contribution in [-0.2, 0) is 9.59 Å². The minimum Gasteiger partial charge on any atom is -0.427 e. The zero-order chi connectivity index (χ0) is 25.0. The van der Waals surface area contributed by atoms with Gasteiger partial charge in [0.05, 0.1) is 11.5 Å². The highest BCUT2D eigenvalue weighted by Crippen LogP contribution is 2.29. The van der Waals surface area contributed by atoms with Crippen LogP contribution in [0.1, 0.15) is 45.0 Å². The van der Waals surface area contributed by atoms with E-state index >= 15 is 0 Å². The molecule has 182 valence electrons. The maximum Gasteiger partial charge on any atom is 0.308 e. The molecule has 1 aliphatic rings. The van der Waals surface area contributed by atoms with E-state index in [1.807, 2.05) is 43.0 Å². The van der Waals surface area contributed by atoms with Gasteiger partial charge in [0, 0.05) is 48.9 Å². The molecule has 2 amide bonds. The highest BCUT2D eigenvalue weighted by atomic mass is 35.5. The molecule has 1 saturated heterocycles. The van der Waals surface area contributed by atoms with Crippen molar-refractivity contribution < 1.29 is 19.1 Å². The Hall–Kier alpha value is -3.06. The van der Waals surface area contributed by atoms with Gasteiger partial charge in [-0.3, -0.25) is 14.4 Å². The van der Waals surface area contributed by atoms with Crippen molar-refractivity contribution in [1.29, 1.82) is 0 Å². The van der Waals surface area contributed by atoms with Gasteiger partial charge in [-0.1, -0.05) is 24.6 Å². The minimum absolute atomic E-state index is 0.00490. The number of esters is 1. The van der Waals surface area contributed by atoms with Crippen LogP contribution in [0.3, 0.4) is 0 Å². The summed E-state index contributed by atoms with van der Waals surface area (Å²) in [4.78, 5) is 41.4. The highest BCUT2D eigenvalue weighted by molar-refractivity contribution is 6.30. The van der Waals surface area contributed by atoms with Gasteiger partial charge < -0.3 is 19.9 Å². The molecule has 2 atom stereocenters. The number of nitrogens with zero attached hydrogens (tertiary/aromatic N) is 2. The van der Waals surface area contributed by atoms with Gasteiger partial charge in [-0.2, -0.15) is 0 Å². The Kier molecular flexibility index (Phi) is 7.87. The van der Waals surface area contributed by atoms with E-state index in [9.17, 15) is 14.4 Å². The van der Waals surface area contributed by atoms with Crippen molar-refractivity contribution >= 4 is 35.1 Å². The second kappa shape index (κ2) is 10.5. The average Bonchev–Trinajstić information content (AvgIpc) is 2.78. The van der Waals surface area contributed by atoms with Gasteiger partial charge >= 0.3 is 5.97 Å². The SMILES string of the molecule is CC(=O)Oc1cccc(C(=O)NC(C)C(C)C(=O)N2CCN(c3ccc(Cl)cc3)C(C)(C)C2)c1. The van der Waals surface area contributed by atoms with Gasteiger partial charge in [0.1, 0.15) is 5.75 Å². The van der Waals surface area contributed by atoms with Crippen LogP contribution in [0.4, 0.5) is 5.69 Å². The number of nitrogens with one attached hydrogen (secondary N) is 1. The summed E-state index contributed by atoms with van der Waals surface area (Å²) < 4.78 is 5.05. The molecule has 1 N–H and O–H groups in total. The van der Waals surface area contributed by atoms with Crippen LogP contribution in [0, 0.1) is 5.92 Å². The molecule has 1 fully saturated rings.